The topological polar surface area (TPSA) is 69.3 Å². The Kier molecular flexibility index (Phi) is 4.19. The third kappa shape index (κ3) is 3.33. The largest absolute Gasteiger partial charge is 0.343 e. The van der Waals surface area contributed by atoms with Gasteiger partial charge in [-0.15, -0.1) is 0 Å². The normalized spacial score (nSPS) is 16.4. The van der Waals surface area contributed by atoms with Crippen LogP contribution in [0.25, 0.3) is 0 Å². The van der Waals surface area contributed by atoms with Crippen molar-refractivity contribution in [2.24, 2.45) is 5.92 Å². The molecule has 1 fully saturated rings. The van der Waals surface area contributed by atoms with Gasteiger partial charge in [0, 0.05) is 51.3 Å². The number of nitrogens with one attached hydrogen (secondary N) is 1. The van der Waals surface area contributed by atoms with Gasteiger partial charge in [-0.25, -0.2) is 0 Å². The van der Waals surface area contributed by atoms with Crippen molar-refractivity contribution in [1.82, 2.24) is 20.0 Å². The summed E-state index contributed by atoms with van der Waals surface area (Å²) in [7, 11) is 1.81. The van der Waals surface area contributed by atoms with Crippen LogP contribution in [-0.4, -0.2) is 51.9 Å². The molecule has 6 nitrogen and oxygen atoms in total. The maximum atomic E-state index is 12.3. The summed E-state index contributed by atoms with van der Waals surface area (Å²) in [5.41, 5.74) is 0.997. The Morgan fingerprint density at radius 2 is 2.16 bits per heavy atom. The van der Waals surface area contributed by atoms with Crippen molar-refractivity contribution in [3.8, 4) is 0 Å². The van der Waals surface area contributed by atoms with Crippen LogP contribution < -0.4 is 0 Å². The Labute approximate surface area is 112 Å². The smallest absolute Gasteiger partial charge is 0.225 e. The Morgan fingerprint density at radius 3 is 2.68 bits per heavy atom. The van der Waals surface area contributed by atoms with Gasteiger partial charge in [0.05, 0.1) is 6.20 Å². The molecule has 6 heteroatoms. The summed E-state index contributed by atoms with van der Waals surface area (Å²) in [6.07, 6.45) is 5.03. The highest BCUT2D eigenvalue weighted by atomic mass is 16.2. The van der Waals surface area contributed by atoms with Gasteiger partial charge in [-0.1, -0.05) is 0 Å². The third-order valence-corrected chi connectivity index (χ3v) is 3.64. The molecule has 0 aliphatic carbocycles. The van der Waals surface area contributed by atoms with Gasteiger partial charge in [-0.05, 0) is 12.8 Å². The minimum Gasteiger partial charge on any atom is -0.343 e. The number of carbonyl (C=O) groups is 2. The van der Waals surface area contributed by atoms with Crippen LogP contribution in [0.2, 0.25) is 0 Å². The summed E-state index contributed by atoms with van der Waals surface area (Å²) in [5, 5.41) is 6.61. The summed E-state index contributed by atoms with van der Waals surface area (Å²) < 4.78 is 0. The van der Waals surface area contributed by atoms with Gasteiger partial charge in [0.1, 0.15) is 0 Å². The van der Waals surface area contributed by atoms with Gasteiger partial charge in [0.15, 0.2) is 0 Å². The molecule has 2 amide bonds. The molecule has 0 spiro atoms. The summed E-state index contributed by atoms with van der Waals surface area (Å²) in [4.78, 5) is 27.1. The van der Waals surface area contributed by atoms with E-state index in [4.69, 9.17) is 0 Å². The molecule has 0 unspecified atom stereocenters. The van der Waals surface area contributed by atoms with Gasteiger partial charge in [-0.3, -0.25) is 14.7 Å². The van der Waals surface area contributed by atoms with Gasteiger partial charge < -0.3 is 9.80 Å². The van der Waals surface area contributed by atoms with E-state index in [1.165, 1.54) is 0 Å². The summed E-state index contributed by atoms with van der Waals surface area (Å²) in [6, 6.07) is 0. The fourth-order valence-electron chi connectivity index (χ4n) is 2.47. The lowest BCUT2D eigenvalue weighted by Gasteiger charge is -2.32. The maximum Gasteiger partial charge on any atom is 0.225 e. The number of aromatic nitrogens is 2. The quantitative estimate of drug-likeness (QED) is 0.870. The Bertz CT molecular complexity index is 436. The van der Waals surface area contributed by atoms with E-state index in [1.807, 2.05) is 7.05 Å². The van der Waals surface area contributed by atoms with E-state index >= 15 is 0 Å². The zero-order chi connectivity index (χ0) is 13.8. The fraction of sp³-hybridized carbons (Fsp3) is 0.615. The Balaban J connectivity index is 1.85. The fourth-order valence-corrected chi connectivity index (χ4v) is 2.47. The molecule has 0 radical (unpaired) electrons. The highest BCUT2D eigenvalue weighted by Gasteiger charge is 2.27. The van der Waals surface area contributed by atoms with Crippen LogP contribution in [0, 0.1) is 5.92 Å². The Morgan fingerprint density at radius 1 is 1.47 bits per heavy atom. The van der Waals surface area contributed by atoms with E-state index in [9.17, 15) is 9.59 Å². The third-order valence-electron chi connectivity index (χ3n) is 3.64. The lowest BCUT2D eigenvalue weighted by atomic mass is 9.95. The SMILES string of the molecule is CC(=O)N1CCC(C(=O)N(C)Cc2cn[nH]c2)CC1. The number of nitrogens with zero attached hydrogens (tertiary/aromatic N) is 3. The predicted molar refractivity (Wildman–Crippen MR) is 70.0 cm³/mol. The molecule has 0 aromatic carbocycles. The highest BCUT2D eigenvalue weighted by Crippen LogP contribution is 2.20. The van der Waals surface area contributed by atoms with E-state index in [0.717, 1.165) is 18.4 Å². The molecule has 0 atom stereocenters. The predicted octanol–water partition coefficient (Wildman–Crippen LogP) is 0.627. The molecule has 1 aromatic rings. The number of H-pyrrole nitrogens is 1. The molecule has 1 N–H and O–H groups in total. The number of aromatic amines is 1. The number of likely N-dealkylation sites (tertiary alicyclic amines) is 1. The molecule has 1 aliphatic rings. The summed E-state index contributed by atoms with van der Waals surface area (Å²) in [6.45, 7) is 3.52. The van der Waals surface area contributed by atoms with Gasteiger partial charge in [-0.2, -0.15) is 5.10 Å². The van der Waals surface area contributed by atoms with E-state index in [0.29, 0.717) is 19.6 Å². The average molecular weight is 264 g/mol. The van der Waals surface area contributed by atoms with Gasteiger partial charge in [0.2, 0.25) is 11.8 Å². The van der Waals surface area contributed by atoms with Crippen LogP contribution in [0.1, 0.15) is 25.3 Å². The Hall–Kier alpha value is -1.85. The first-order valence-corrected chi connectivity index (χ1v) is 6.56. The van der Waals surface area contributed by atoms with E-state index < -0.39 is 0 Å². The van der Waals surface area contributed by atoms with Crippen molar-refractivity contribution in [2.45, 2.75) is 26.3 Å². The minimum absolute atomic E-state index is 0.0347. The van der Waals surface area contributed by atoms with Crippen molar-refractivity contribution in [3.63, 3.8) is 0 Å². The lowest BCUT2D eigenvalue weighted by Crippen LogP contribution is -2.42. The summed E-state index contributed by atoms with van der Waals surface area (Å²) >= 11 is 0. The highest BCUT2D eigenvalue weighted by molar-refractivity contribution is 5.79. The van der Waals surface area contributed by atoms with Crippen LogP contribution >= 0.6 is 0 Å². The first-order chi connectivity index (χ1) is 9.08. The van der Waals surface area contributed by atoms with Crippen LogP contribution in [0.15, 0.2) is 12.4 Å². The van der Waals surface area contributed by atoms with E-state index in [1.54, 1.807) is 29.1 Å². The summed E-state index contributed by atoms with van der Waals surface area (Å²) in [5.74, 6) is 0.287. The van der Waals surface area contributed by atoms with Crippen LogP contribution in [0.3, 0.4) is 0 Å². The maximum absolute atomic E-state index is 12.3. The molecular weight excluding hydrogens is 244 g/mol. The number of carbonyl (C=O) groups excluding carboxylic acids is 2. The first kappa shape index (κ1) is 13.6. The van der Waals surface area contributed by atoms with Gasteiger partial charge in [0.25, 0.3) is 0 Å². The first-order valence-electron chi connectivity index (χ1n) is 6.56. The second kappa shape index (κ2) is 5.86. The second-order valence-corrected chi connectivity index (χ2v) is 5.08. The van der Waals surface area contributed by atoms with Crippen LogP contribution in [-0.2, 0) is 16.1 Å². The lowest BCUT2D eigenvalue weighted by molar-refractivity contribution is -0.139. The van der Waals surface area contributed by atoms with Gasteiger partial charge >= 0.3 is 0 Å². The molecule has 2 rings (SSSR count). The van der Waals surface area contributed by atoms with E-state index in [2.05, 4.69) is 10.2 Å². The number of hydrogen-bond donors (Lipinski definition) is 1. The molecule has 104 valence electrons. The van der Waals surface area contributed by atoms with Crippen molar-refractivity contribution >= 4 is 11.8 Å². The van der Waals surface area contributed by atoms with Crippen molar-refractivity contribution < 1.29 is 9.59 Å². The molecule has 19 heavy (non-hydrogen) atoms. The zero-order valence-corrected chi connectivity index (χ0v) is 11.4. The molecule has 0 bridgehead atoms. The number of rotatable bonds is 3. The minimum atomic E-state index is 0.0347. The standard InChI is InChI=1S/C13H20N4O2/c1-10(18)17-5-3-12(4-6-17)13(19)16(2)9-11-7-14-15-8-11/h7-8,12H,3-6,9H2,1-2H3,(H,14,15). The molecular formula is C13H20N4O2. The number of piperidine rings is 1. The average Bonchev–Trinajstić information content (AvgIpc) is 2.90. The van der Waals surface area contributed by atoms with Crippen LogP contribution in [0.4, 0.5) is 0 Å². The molecule has 0 saturated carbocycles. The van der Waals surface area contributed by atoms with Crippen LogP contribution in [0.5, 0.6) is 0 Å². The monoisotopic (exact) mass is 264 g/mol. The molecule has 2 heterocycles. The number of hydrogen-bond acceptors (Lipinski definition) is 3. The molecule has 1 aliphatic heterocycles. The zero-order valence-electron chi connectivity index (χ0n) is 11.4. The van der Waals surface area contributed by atoms with E-state index in [-0.39, 0.29) is 17.7 Å². The molecule has 1 saturated heterocycles. The molecule has 1 aromatic heterocycles. The van der Waals surface area contributed by atoms with Crippen molar-refractivity contribution in [3.05, 3.63) is 18.0 Å². The van der Waals surface area contributed by atoms with Crippen molar-refractivity contribution in [1.29, 1.82) is 0 Å². The second-order valence-electron chi connectivity index (χ2n) is 5.08. The number of amides is 2. The van der Waals surface area contributed by atoms with Crippen molar-refractivity contribution in [2.75, 3.05) is 20.1 Å².